The number of hydrogen-bond donors (Lipinski definition) is 22. The average molecular weight is 2080 g/mol. The summed E-state index contributed by atoms with van der Waals surface area (Å²) in [6.45, 7) is 6.93. The lowest BCUT2D eigenvalue weighted by atomic mass is 9.99. The molecule has 5 aliphatic rings. The first kappa shape index (κ1) is 115. The van der Waals surface area contributed by atoms with Crippen molar-refractivity contribution in [2.75, 3.05) is 123 Å². The van der Waals surface area contributed by atoms with E-state index in [4.69, 9.17) is 5.73 Å². The number of nitrogens with two attached hydrogens (primary N) is 1. The van der Waals surface area contributed by atoms with Gasteiger partial charge < -0.3 is 120 Å². The van der Waals surface area contributed by atoms with Crippen molar-refractivity contribution in [1.82, 2.24) is 108 Å². The molecule has 15 amide bonds. The van der Waals surface area contributed by atoms with Crippen LogP contribution in [0.5, 0.6) is 0 Å². The molecule has 146 heavy (non-hydrogen) atoms. The fourth-order valence-corrected chi connectivity index (χ4v) is 20.0. The number of primary amides is 1. The minimum absolute atomic E-state index is 0.0736. The summed E-state index contributed by atoms with van der Waals surface area (Å²) >= 11 is 2.23. The van der Waals surface area contributed by atoms with E-state index < -0.39 is 260 Å². The van der Waals surface area contributed by atoms with Gasteiger partial charge in [-0.05, 0) is 98.1 Å². The number of hydrogen-bond acceptors (Lipinski definition) is 28. The van der Waals surface area contributed by atoms with Gasteiger partial charge in [-0.15, -0.1) is 0 Å². The Morgan fingerprint density at radius 1 is 0.466 bits per heavy atom. The predicted octanol–water partition coefficient (Wildman–Crippen LogP) is -4.19. The number of para-hydroxylation sites is 2. The number of fused-ring (bicyclic) bond motifs is 14. The first-order valence-corrected chi connectivity index (χ1v) is 51.0. The molecule has 0 saturated carbocycles. The fourth-order valence-electron chi connectivity index (χ4n) is 17.9. The summed E-state index contributed by atoms with van der Waals surface area (Å²) in [5.74, 6) is -23.4. The number of aliphatic hydroxyl groups is 1. The number of aliphatic hydroxyl groups excluding tert-OH is 1. The van der Waals surface area contributed by atoms with Gasteiger partial charge in [0.05, 0.1) is 45.2 Å². The smallest absolute Gasteiger partial charge is 0.317 e. The van der Waals surface area contributed by atoms with Gasteiger partial charge >= 0.3 is 29.8 Å². The van der Waals surface area contributed by atoms with E-state index >= 15 is 43.2 Å². The fraction of sp³-hybridized carbons (Fsp3) is 0.562. The molecule has 2 aromatic heterocycles. The first-order valence-electron chi connectivity index (χ1n) is 48.7. The number of nitrogens with one attached hydrogen (secondary N) is 15. The maximum absolute atomic E-state index is 15.6. The number of nitrogens with zero attached hydrogens (tertiary/aromatic N) is 6. The van der Waals surface area contributed by atoms with E-state index in [1.54, 1.807) is 131 Å². The summed E-state index contributed by atoms with van der Waals surface area (Å²) in [4.78, 5) is 301. The number of H-pyrrole nitrogens is 2. The molecule has 13 atom stereocenters. The van der Waals surface area contributed by atoms with Crippen molar-refractivity contribution in [2.45, 2.75) is 208 Å². The number of carbonyl (C=O) groups is 20. The van der Waals surface area contributed by atoms with Gasteiger partial charge in [-0.2, -0.15) is 23.5 Å². The number of rotatable bonds is 28. The molecule has 4 fully saturated rings. The van der Waals surface area contributed by atoms with Gasteiger partial charge in [0.2, 0.25) is 88.6 Å². The SMILES string of the molecule is CC(C)C[C@@H]1NC(=O)[C@H](Cc2c[nH]c3ccccc23)NC(=O)[C@H](CC(=O)O)NC(=O)[C@H]2CCCN2C(=O)[C@H](CCC(=O)O)NC(=O)[C@@H]2CSCc3cccc(c3)CSC[C@@H](C(N)=O)NC(=O)[C@H](CNC(=O)CC[C@H](NC(=O)[C@@H](NC(=O)CN3CCC(NC(=O)CN4CCN(CC(=O)O)CCN(CC(=O)O)CCN(CC(=O)O)CC4)CC3)C(C)C)C(=O)N2)NC(=O)[C@H](Cc2c[nH]c3ccccc23)NC(=O)[C@H]([C@@H](C)O)NC1=O. The van der Waals surface area contributed by atoms with Crippen molar-refractivity contribution < 1.29 is 127 Å². The lowest BCUT2D eigenvalue weighted by molar-refractivity contribution is -0.145. The summed E-state index contributed by atoms with van der Waals surface area (Å²) in [6.07, 6.45) is -3.13. The Labute approximate surface area is 850 Å². The molecule has 0 aliphatic carbocycles. The molecule has 4 saturated heterocycles. The second kappa shape index (κ2) is 55.8. The molecular formula is C96H134N22O26S2. The van der Waals surface area contributed by atoms with Crippen LogP contribution in [0.2, 0.25) is 0 Å². The van der Waals surface area contributed by atoms with Crippen LogP contribution in [0.25, 0.3) is 21.8 Å². The Hall–Kier alpha value is -13.4. The average Bonchev–Trinajstić information content (AvgIpc) is 1.64. The normalized spacial score (nSPS) is 24.0. The Kier molecular flexibility index (Phi) is 43.8. The first-order chi connectivity index (χ1) is 69.5. The van der Waals surface area contributed by atoms with E-state index in [0.717, 1.165) is 35.3 Å². The third-order valence-electron chi connectivity index (χ3n) is 25.8. The van der Waals surface area contributed by atoms with Crippen LogP contribution in [0.3, 0.4) is 0 Å². The number of carboxylic acids is 5. The van der Waals surface area contributed by atoms with Gasteiger partial charge in [0.25, 0.3) is 0 Å². The number of carboxylic acid groups (broad SMARTS) is 5. The molecule has 0 radical (unpaired) electrons. The lowest BCUT2D eigenvalue weighted by Crippen LogP contribution is -2.63. The van der Waals surface area contributed by atoms with Gasteiger partial charge in [0.1, 0.15) is 72.5 Å². The Morgan fingerprint density at radius 2 is 0.952 bits per heavy atom. The number of amides is 15. The molecule has 0 unspecified atom stereocenters. The second-order valence-corrected chi connectivity index (χ2v) is 40.1. The van der Waals surface area contributed by atoms with Crippen LogP contribution < -0.4 is 74.9 Å². The van der Waals surface area contributed by atoms with Crippen molar-refractivity contribution in [3.05, 3.63) is 107 Å². The van der Waals surface area contributed by atoms with E-state index in [1.807, 2.05) is 0 Å². The van der Waals surface area contributed by atoms with E-state index in [2.05, 4.69) is 79.1 Å². The molecule has 48 nitrogen and oxygen atoms in total. The highest BCUT2D eigenvalue weighted by atomic mass is 32.2. The van der Waals surface area contributed by atoms with Gasteiger partial charge in [0, 0.05) is 167 Å². The highest BCUT2D eigenvalue weighted by Gasteiger charge is 2.44. The molecule has 5 aromatic rings. The Bertz CT molecular complexity index is 5470. The van der Waals surface area contributed by atoms with E-state index in [-0.39, 0.29) is 153 Å². The zero-order chi connectivity index (χ0) is 106. The van der Waals surface area contributed by atoms with Gasteiger partial charge in [-0.1, -0.05) is 88.4 Å². The summed E-state index contributed by atoms with van der Waals surface area (Å²) in [5, 5.41) is 96.7. The molecule has 7 heterocycles. The predicted molar refractivity (Wildman–Crippen MR) is 532 cm³/mol. The van der Waals surface area contributed by atoms with Crippen molar-refractivity contribution in [1.29, 1.82) is 0 Å². The molecular weight excluding hydrogens is 1940 g/mol. The number of benzene rings is 3. The summed E-state index contributed by atoms with van der Waals surface area (Å²) in [5.41, 5.74) is 9.27. The highest BCUT2D eigenvalue weighted by molar-refractivity contribution is 7.98. The number of piperidine rings is 1. The summed E-state index contributed by atoms with van der Waals surface area (Å²) in [6, 6.07) is -0.783. The third kappa shape index (κ3) is 35.8. The zero-order valence-electron chi connectivity index (χ0n) is 82.1. The standard InChI is InChI=1S/C96H134N22O26S2/c1-53(2)36-67-90(138)112-84(55(5)119)95(143)107-69(39-59-42-99-64-17-9-7-15-62(59)64)88(136)108-71-43-100-75(120)21-19-65(102-94(142)83(54(3)4)111-77(122)45-113-26-23-60(24-27-113)101-76(121)44-114-28-30-115(46-80(127)128)32-34-117(48-82(131)132)35-33-116(31-29-114)47-81(129)130)86(134)110-73(52-146-50-57-13-10-12-56(37-57)49-145-51-72(85(97)133)109-91(71)139)92(140)103-66(20-22-78(123)124)96(144)118-25-11-18-74(118)93(141)106-70(40-79(125)126)89(137)105-68(87(135)104-67)38-58-41-98-63-16-8-6-14-61(58)63/h6-10,12-17,37,41-42,53-55,60,65-74,83-84,98-99,119H,11,18-36,38-40,43-52H2,1-5H3,(H2,97,133)(H,100,120)(H,101,121)(H,102,142)(H,103,140)(H,104,135)(H,105,137)(H,106,141)(H,107,143)(H,108,136)(H,109,139)(H,110,134)(H,111,122)(H,112,138)(H,123,124)(H,125,126)(H,127,128)(H,129,130)(H,131,132)/t55-,65+,66+,67+,68+,69+,70+,71+,72+,73+,74-,83+,84+/m1/s1. The topological polar surface area (TPSA) is 696 Å². The van der Waals surface area contributed by atoms with Crippen LogP contribution in [0.1, 0.15) is 121 Å². The van der Waals surface area contributed by atoms with Gasteiger partial charge in [-0.25, -0.2) is 0 Å². The van der Waals surface area contributed by atoms with E-state index in [1.165, 1.54) is 6.20 Å². The minimum Gasteiger partial charge on any atom is -0.481 e. The van der Waals surface area contributed by atoms with Crippen molar-refractivity contribution in [3.8, 4) is 0 Å². The van der Waals surface area contributed by atoms with E-state index in [9.17, 15) is 83.4 Å². The van der Waals surface area contributed by atoms with Crippen molar-refractivity contribution in [2.24, 2.45) is 17.6 Å². The van der Waals surface area contributed by atoms with Crippen molar-refractivity contribution >= 4 is 164 Å². The maximum Gasteiger partial charge on any atom is 0.317 e. The van der Waals surface area contributed by atoms with E-state index in [0.29, 0.717) is 56.9 Å². The maximum atomic E-state index is 15.6. The molecule has 5 aliphatic heterocycles. The minimum atomic E-state index is -2.04. The number of carbonyl (C=O) groups excluding carboxylic acids is 15. The Morgan fingerprint density at radius 3 is 1.49 bits per heavy atom. The number of aliphatic carboxylic acids is 5. The van der Waals surface area contributed by atoms with Gasteiger partial charge in [-0.3, -0.25) is 120 Å². The molecule has 10 rings (SSSR count). The van der Waals surface area contributed by atoms with Crippen molar-refractivity contribution in [3.63, 3.8) is 0 Å². The second-order valence-electron chi connectivity index (χ2n) is 38.0. The van der Waals surface area contributed by atoms with Gasteiger partial charge in [0.15, 0.2) is 0 Å². The summed E-state index contributed by atoms with van der Waals surface area (Å²) in [7, 11) is 0. The van der Waals surface area contributed by atoms with Crippen LogP contribution in [0.15, 0.2) is 85.2 Å². The number of likely N-dealkylation sites (tertiary alicyclic amines) is 1. The van der Waals surface area contributed by atoms with Crippen LogP contribution in [-0.4, -0.2) is 396 Å². The number of aromatic nitrogens is 2. The number of aromatic amines is 2. The van der Waals surface area contributed by atoms with Crippen LogP contribution in [0, 0.1) is 11.8 Å². The summed E-state index contributed by atoms with van der Waals surface area (Å²) < 4.78 is 0. The Balaban J connectivity index is 0.978. The molecule has 50 heteroatoms. The zero-order valence-corrected chi connectivity index (χ0v) is 83.7. The quantitative estimate of drug-likeness (QED) is 0.0226. The molecule has 23 N–H and O–H groups in total. The van der Waals surface area contributed by atoms with Crippen LogP contribution >= 0.6 is 23.5 Å². The monoisotopic (exact) mass is 2070 g/mol. The third-order valence-corrected chi connectivity index (χ3v) is 28.0. The van der Waals surface area contributed by atoms with Crippen LogP contribution in [-0.2, 0) is 120 Å². The molecule has 3 aromatic carbocycles. The highest BCUT2D eigenvalue weighted by Crippen LogP contribution is 2.27. The molecule has 796 valence electrons. The largest absolute Gasteiger partial charge is 0.481 e. The molecule has 4 bridgehead atoms. The lowest BCUT2D eigenvalue weighted by Gasteiger charge is -2.34. The number of thioether (sulfide) groups is 2. The van der Waals surface area contributed by atoms with Crippen LogP contribution in [0.4, 0.5) is 0 Å². The molecule has 0 spiro atoms.